The summed E-state index contributed by atoms with van der Waals surface area (Å²) in [5.74, 6) is 0.489. The van der Waals surface area contributed by atoms with Gasteiger partial charge in [-0.05, 0) is 30.7 Å². The molecule has 0 saturated heterocycles. The van der Waals surface area contributed by atoms with Crippen molar-refractivity contribution in [3.05, 3.63) is 59.9 Å². The van der Waals surface area contributed by atoms with Crippen molar-refractivity contribution in [2.75, 3.05) is 12.9 Å². The molecule has 27 heavy (non-hydrogen) atoms. The molecule has 3 rings (SSSR count). The number of carboxylic acid groups (broad SMARTS) is 1. The first-order valence-electron chi connectivity index (χ1n) is 8.19. The number of rotatable bonds is 8. The summed E-state index contributed by atoms with van der Waals surface area (Å²) in [6, 6.07) is 15.0. The van der Waals surface area contributed by atoms with E-state index in [9.17, 15) is 9.90 Å². The average molecular weight is 384 g/mol. The van der Waals surface area contributed by atoms with Gasteiger partial charge in [-0.15, -0.1) is 10.2 Å². The predicted octanol–water partition coefficient (Wildman–Crippen LogP) is 2.01. The molecule has 0 amide bonds. The molecule has 0 atom stereocenters. The van der Waals surface area contributed by atoms with Crippen LogP contribution in [0.4, 0.5) is 0 Å². The van der Waals surface area contributed by atoms with E-state index >= 15 is 0 Å². The number of carbonyl (C=O) groups excluding carboxylic acids is 1. The molecular formula is C19H18N3O4S-. The van der Waals surface area contributed by atoms with E-state index < -0.39 is 5.97 Å². The van der Waals surface area contributed by atoms with Crippen molar-refractivity contribution in [2.24, 2.45) is 0 Å². The Morgan fingerprint density at radius 3 is 2.52 bits per heavy atom. The van der Waals surface area contributed by atoms with E-state index in [4.69, 9.17) is 9.47 Å². The van der Waals surface area contributed by atoms with Crippen molar-refractivity contribution in [3.63, 3.8) is 0 Å². The standard InChI is InChI=1S/C19H19N3O4S/c1-13-7-3-5-9-15(13)26-11-17-20-21-19(27-12-18(23)24)22(17)14-8-4-6-10-16(14)25-2/h3-10H,11-12H2,1-2H3,(H,23,24)/p-1. The van der Waals surface area contributed by atoms with Gasteiger partial charge >= 0.3 is 0 Å². The van der Waals surface area contributed by atoms with Gasteiger partial charge in [0.05, 0.1) is 18.8 Å². The summed E-state index contributed by atoms with van der Waals surface area (Å²) in [6.45, 7) is 2.13. The van der Waals surface area contributed by atoms with Gasteiger partial charge in [-0.1, -0.05) is 42.1 Å². The quantitative estimate of drug-likeness (QED) is 0.549. The fourth-order valence-electron chi connectivity index (χ4n) is 2.53. The summed E-state index contributed by atoms with van der Waals surface area (Å²) in [5, 5.41) is 19.6. The van der Waals surface area contributed by atoms with Crippen LogP contribution in [-0.4, -0.2) is 33.6 Å². The van der Waals surface area contributed by atoms with E-state index in [2.05, 4.69) is 10.2 Å². The molecule has 0 radical (unpaired) electrons. The first kappa shape index (κ1) is 18.8. The number of ether oxygens (including phenoxy) is 2. The van der Waals surface area contributed by atoms with Crippen molar-refractivity contribution in [2.45, 2.75) is 18.7 Å². The maximum absolute atomic E-state index is 10.9. The van der Waals surface area contributed by atoms with Gasteiger partial charge in [-0.3, -0.25) is 4.57 Å². The molecule has 0 aliphatic heterocycles. The SMILES string of the molecule is COc1ccccc1-n1c(COc2ccccc2C)nnc1SCC(=O)[O-]. The zero-order valence-electron chi connectivity index (χ0n) is 14.9. The second-order valence-electron chi connectivity index (χ2n) is 5.62. The van der Waals surface area contributed by atoms with Gasteiger partial charge in [-0.25, -0.2) is 0 Å². The highest BCUT2D eigenvalue weighted by atomic mass is 32.2. The third-order valence-corrected chi connectivity index (χ3v) is 4.70. The minimum atomic E-state index is -1.17. The molecule has 1 heterocycles. The number of carbonyl (C=O) groups is 1. The van der Waals surface area contributed by atoms with Crippen LogP contribution in [0.2, 0.25) is 0 Å². The molecule has 140 valence electrons. The predicted molar refractivity (Wildman–Crippen MR) is 99.2 cm³/mol. The van der Waals surface area contributed by atoms with Crippen LogP contribution in [-0.2, 0) is 11.4 Å². The molecule has 3 aromatic rings. The summed E-state index contributed by atoms with van der Waals surface area (Å²) in [5.41, 5.74) is 1.71. The van der Waals surface area contributed by atoms with Crippen LogP contribution in [0.25, 0.3) is 5.69 Å². The average Bonchev–Trinajstić information content (AvgIpc) is 3.08. The number of thioether (sulfide) groups is 1. The Balaban J connectivity index is 1.96. The second kappa shape index (κ2) is 8.59. The molecule has 0 aliphatic rings. The molecule has 0 aliphatic carbocycles. The van der Waals surface area contributed by atoms with E-state index in [0.717, 1.165) is 23.1 Å². The number of methoxy groups -OCH3 is 1. The fraction of sp³-hybridized carbons (Fsp3) is 0.211. The van der Waals surface area contributed by atoms with Gasteiger partial charge in [0.15, 0.2) is 11.0 Å². The third-order valence-electron chi connectivity index (χ3n) is 3.80. The molecular weight excluding hydrogens is 366 g/mol. The van der Waals surface area contributed by atoms with E-state index in [1.807, 2.05) is 55.5 Å². The second-order valence-corrected chi connectivity index (χ2v) is 6.56. The van der Waals surface area contributed by atoms with Crippen LogP contribution >= 0.6 is 11.8 Å². The number of para-hydroxylation sites is 3. The van der Waals surface area contributed by atoms with Gasteiger partial charge in [0, 0.05) is 5.75 Å². The Morgan fingerprint density at radius 2 is 1.81 bits per heavy atom. The van der Waals surface area contributed by atoms with E-state index in [1.54, 1.807) is 11.7 Å². The highest BCUT2D eigenvalue weighted by molar-refractivity contribution is 7.99. The summed E-state index contributed by atoms with van der Waals surface area (Å²) >= 11 is 1.03. The van der Waals surface area contributed by atoms with Crippen molar-refractivity contribution in [3.8, 4) is 17.2 Å². The van der Waals surface area contributed by atoms with E-state index in [-0.39, 0.29) is 12.4 Å². The number of aromatic nitrogens is 3. The van der Waals surface area contributed by atoms with Crippen LogP contribution in [0.5, 0.6) is 11.5 Å². The zero-order valence-corrected chi connectivity index (χ0v) is 15.7. The van der Waals surface area contributed by atoms with Crippen LogP contribution in [0.15, 0.2) is 53.7 Å². The van der Waals surface area contributed by atoms with Crippen LogP contribution in [0.3, 0.4) is 0 Å². The largest absolute Gasteiger partial charge is 0.549 e. The fourth-order valence-corrected chi connectivity index (χ4v) is 3.21. The minimum Gasteiger partial charge on any atom is -0.549 e. The van der Waals surface area contributed by atoms with Gasteiger partial charge in [-0.2, -0.15) is 0 Å². The zero-order chi connectivity index (χ0) is 19.2. The number of aryl methyl sites for hydroxylation is 1. The lowest BCUT2D eigenvalue weighted by atomic mass is 10.2. The van der Waals surface area contributed by atoms with Crippen molar-refractivity contribution in [1.29, 1.82) is 0 Å². The van der Waals surface area contributed by atoms with Gasteiger partial charge < -0.3 is 19.4 Å². The normalized spacial score (nSPS) is 10.6. The Hall–Kier alpha value is -3.00. The van der Waals surface area contributed by atoms with Crippen molar-refractivity contribution < 1.29 is 19.4 Å². The Kier molecular flexibility index (Phi) is 5.97. The van der Waals surface area contributed by atoms with E-state index in [0.29, 0.717) is 22.4 Å². The Morgan fingerprint density at radius 1 is 1.11 bits per heavy atom. The molecule has 7 nitrogen and oxygen atoms in total. The van der Waals surface area contributed by atoms with Gasteiger partial charge in [0.2, 0.25) is 0 Å². The molecule has 0 unspecified atom stereocenters. The van der Waals surface area contributed by atoms with Crippen LogP contribution in [0.1, 0.15) is 11.4 Å². The highest BCUT2D eigenvalue weighted by Gasteiger charge is 2.18. The number of benzene rings is 2. The number of aliphatic carboxylic acids is 1. The lowest BCUT2D eigenvalue weighted by molar-refractivity contribution is -0.301. The maximum Gasteiger partial charge on any atom is 0.196 e. The lowest BCUT2D eigenvalue weighted by Crippen LogP contribution is -2.24. The molecule has 0 fully saturated rings. The summed E-state index contributed by atoms with van der Waals surface area (Å²) in [6.07, 6.45) is 0. The Bertz CT molecular complexity index is 942. The lowest BCUT2D eigenvalue weighted by Gasteiger charge is -2.14. The maximum atomic E-state index is 10.9. The number of hydrogen-bond acceptors (Lipinski definition) is 7. The molecule has 1 aromatic heterocycles. The van der Waals surface area contributed by atoms with E-state index in [1.165, 1.54) is 0 Å². The van der Waals surface area contributed by atoms with Gasteiger partial charge in [0.25, 0.3) is 0 Å². The monoisotopic (exact) mass is 384 g/mol. The number of nitrogens with zero attached hydrogens (tertiary/aromatic N) is 3. The smallest absolute Gasteiger partial charge is 0.196 e. The molecule has 0 bridgehead atoms. The Labute approximate surface area is 161 Å². The number of hydrogen-bond donors (Lipinski definition) is 0. The molecule has 8 heteroatoms. The molecule has 2 aromatic carbocycles. The third kappa shape index (κ3) is 4.40. The molecule has 0 saturated carbocycles. The summed E-state index contributed by atoms with van der Waals surface area (Å²) in [4.78, 5) is 10.9. The number of carboxylic acids is 1. The molecule has 0 N–H and O–H groups in total. The van der Waals surface area contributed by atoms with Crippen LogP contribution in [0, 0.1) is 6.92 Å². The van der Waals surface area contributed by atoms with Crippen molar-refractivity contribution >= 4 is 17.7 Å². The topological polar surface area (TPSA) is 89.3 Å². The van der Waals surface area contributed by atoms with Crippen molar-refractivity contribution in [1.82, 2.24) is 14.8 Å². The highest BCUT2D eigenvalue weighted by Crippen LogP contribution is 2.29. The first-order chi connectivity index (χ1) is 13.1. The summed E-state index contributed by atoms with van der Waals surface area (Å²) in [7, 11) is 1.57. The molecule has 0 spiro atoms. The van der Waals surface area contributed by atoms with Gasteiger partial charge in [0.1, 0.15) is 18.1 Å². The summed E-state index contributed by atoms with van der Waals surface area (Å²) < 4.78 is 13.1. The minimum absolute atomic E-state index is 0.168. The van der Waals surface area contributed by atoms with Crippen LogP contribution < -0.4 is 14.6 Å². The first-order valence-corrected chi connectivity index (χ1v) is 9.17.